The van der Waals surface area contributed by atoms with Crippen LogP contribution in [-0.4, -0.2) is 27.4 Å². The van der Waals surface area contributed by atoms with E-state index < -0.39 is 0 Å². The molecule has 0 spiro atoms. The van der Waals surface area contributed by atoms with E-state index in [1.54, 1.807) is 36.1 Å². The van der Waals surface area contributed by atoms with E-state index in [4.69, 9.17) is 5.11 Å². The summed E-state index contributed by atoms with van der Waals surface area (Å²) in [5.41, 5.74) is 2.05. The van der Waals surface area contributed by atoms with Crippen molar-refractivity contribution in [3.8, 4) is 11.8 Å². The molecular formula is C15H15N3O2. The van der Waals surface area contributed by atoms with Crippen LogP contribution in [0.25, 0.3) is 0 Å². The van der Waals surface area contributed by atoms with Crippen molar-refractivity contribution in [1.29, 1.82) is 0 Å². The first kappa shape index (κ1) is 13.8. The highest BCUT2D eigenvalue weighted by Gasteiger charge is 2.12. The highest BCUT2D eigenvalue weighted by Crippen LogP contribution is 2.14. The largest absolute Gasteiger partial charge is 0.384 e. The van der Waals surface area contributed by atoms with Gasteiger partial charge in [0.1, 0.15) is 6.61 Å². The zero-order chi connectivity index (χ0) is 14.5. The lowest BCUT2D eigenvalue weighted by molar-refractivity contribution is 0.102. The number of rotatable bonds is 2. The van der Waals surface area contributed by atoms with Gasteiger partial charge in [0.15, 0.2) is 5.82 Å². The van der Waals surface area contributed by atoms with Gasteiger partial charge in [0.05, 0.1) is 0 Å². The number of benzene rings is 1. The Morgan fingerprint density at radius 1 is 1.45 bits per heavy atom. The van der Waals surface area contributed by atoms with Gasteiger partial charge in [-0.1, -0.05) is 17.9 Å². The number of carbonyl (C=O) groups is 1. The van der Waals surface area contributed by atoms with E-state index in [-0.39, 0.29) is 12.5 Å². The molecule has 2 rings (SSSR count). The van der Waals surface area contributed by atoms with Crippen LogP contribution in [0.3, 0.4) is 0 Å². The third-order valence-electron chi connectivity index (χ3n) is 2.84. The summed E-state index contributed by atoms with van der Waals surface area (Å²) in [6.07, 6.45) is 1.76. The minimum Gasteiger partial charge on any atom is -0.384 e. The molecule has 0 aliphatic heterocycles. The van der Waals surface area contributed by atoms with Gasteiger partial charge >= 0.3 is 0 Å². The molecule has 0 radical (unpaired) electrons. The molecule has 20 heavy (non-hydrogen) atoms. The van der Waals surface area contributed by atoms with Crippen molar-refractivity contribution in [3.63, 3.8) is 0 Å². The normalized spacial score (nSPS) is 9.75. The summed E-state index contributed by atoms with van der Waals surface area (Å²) in [5.74, 6) is 5.68. The van der Waals surface area contributed by atoms with E-state index in [0.717, 1.165) is 11.1 Å². The summed E-state index contributed by atoms with van der Waals surface area (Å²) in [4.78, 5) is 12.2. The van der Waals surface area contributed by atoms with Crippen LogP contribution in [0.4, 0.5) is 5.82 Å². The maximum Gasteiger partial charge on any atom is 0.257 e. The lowest BCUT2D eigenvalue weighted by atomic mass is 10.0. The first-order valence-electron chi connectivity index (χ1n) is 6.12. The van der Waals surface area contributed by atoms with Crippen molar-refractivity contribution in [2.24, 2.45) is 7.05 Å². The van der Waals surface area contributed by atoms with E-state index in [1.807, 2.05) is 13.0 Å². The Bertz CT molecular complexity index is 693. The van der Waals surface area contributed by atoms with Gasteiger partial charge in [0.25, 0.3) is 5.91 Å². The van der Waals surface area contributed by atoms with Crippen molar-refractivity contribution in [3.05, 3.63) is 47.2 Å². The maximum atomic E-state index is 12.2. The quantitative estimate of drug-likeness (QED) is 0.808. The summed E-state index contributed by atoms with van der Waals surface area (Å²) < 4.78 is 1.62. The molecule has 1 aromatic heterocycles. The van der Waals surface area contributed by atoms with Crippen LogP contribution in [0.1, 0.15) is 21.5 Å². The Labute approximate surface area is 117 Å². The lowest BCUT2D eigenvalue weighted by Gasteiger charge is -2.07. The lowest BCUT2D eigenvalue weighted by Crippen LogP contribution is -2.14. The Balaban J connectivity index is 2.26. The van der Waals surface area contributed by atoms with E-state index >= 15 is 0 Å². The number of hydrogen-bond acceptors (Lipinski definition) is 3. The van der Waals surface area contributed by atoms with Crippen molar-refractivity contribution in [2.45, 2.75) is 6.92 Å². The Morgan fingerprint density at radius 3 is 2.90 bits per heavy atom. The number of amides is 1. The first-order chi connectivity index (χ1) is 9.61. The molecule has 2 N–H and O–H groups in total. The summed E-state index contributed by atoms with van der Waals surface area (Å²) in [7, 11) is 1.78. The number of aryl methyl sites for hydroxylation is 1. The number of hydrogen-bond donors (Lipinski definition) is 2. The molecule has 0 saturated heterocycles. The van der Waals surface area contributed by atoms with Crippen molar-refractivity contribution in [1.82, 2.24) is 9.78 Å². The molecule has 0 bridgehead atoms. The van der Waals surface area contributed by atoms with Gasteiger partial charge < -0.3 is 10.4 Å². The number of aromatic nitrogens is 2. The van der Waals surface area contributed by atoms with E-state index in [2.05, 4.69) is 22.3 Å². The van der Waals surface area contributed by atoms with Gasteiger partial charge in [-0.2, -0.15) is 5.10 Å². The molecule has 0 aliphatic carbocycles. The summed E-state index contributed by atoms with van der Waals surface area (Å²) in [6, 6.07) is 7.04. The number of nitrogens with zero attached hydrogens (tertiary/aromatic N) is 2. The second-order valence-electron chi connectivity index (χ2n) is 4.27. The molecule has 5 nitrogen and oxygen atoms in total. The molecule has 0 unspecified atom stereocenters. The number of carbonyl (C=O) groups excluding carboxylic acids is 1. The predicted molar refractivity (Wildman–Crippen MR) is 76.3 cm³/mol. The Kier molecular flexibility index (Phi) is 4.18. The number of aliphatic hydroxyl groups is 1. The highest BCUT2D eigenvalue weighted by atomic mass is 16.2. The predicted octanol–water partition coefficient (Wildman–Crippen LogP) is 1.32. The third kappa shape index (κ3) is 3.05. The van der Waals surface area contributed by atoms with E-state index in [0.29, 0.717) is 11.4 Å². The van der Waals surface area contributed by atoms with Gasteiger partial charge in [-0.15, -0.1) is 0 Å². The summed E-state index contributed by atoms with van der Waals surface area (Å²) >= 11 is 0. The topological polar surface area (TPSA) is 67.2 Å². The SMILES string of the molecule is Cc1c(C#CCO)cccc1C(=O)Nc1ccn(C)n1. The average Bonchev–Trinajstić information content (AvgIpc) is 2.83. The van der Waals surface area contributed by atoms with Crippen molar-refractivity contribution < 1.29 is 9.90 Å². The van der Waals surface area contributed by atoms with Crippen LogP contribution < -0.4 is 5.32 Å². The molecule has 5 heteroatoms. The Hall–Kier alpha value is -2.58. The first-order valence-corrected chi connectivity index (χ1v) is 6.12. The van der Waals surface area contributed by atoms with Crippen LogP contribution >= 0.6 is 0 Å². The molecule has 1 amide bonds. The van der Waals surface area contributed by atoms with Crippen LogP contribution in [0.5, 0.6) is 0 Å². The van der Waals surface area contributed by atoms with Crippen LogP contribution in [0.15, 0.2) is 30.5 Å². The minimum absolute atomic E-state index is 0.205. The zero-order valence-corrected chi connectivity index (χ0v) is 11.3. The number of aliphatic hydroxyl groups excluding tert-OH is 1. The van der Waals surface area contributed by atoms with Gasteiger partial charge in [-0.3, -0.25) is 9.48 Å². The van der Waals surface area contributed by atoms with Crippen LogP contribution in [-0.2, 0) is 7.05 Å². The van der Waals surface area contributed by atoms with Gasteiger partial charge in [-0.25, -0.2) is 0 Å². The third-order valence-corrected chi connectivity index (χ3v) is 2.84. The van der Waals surface area contributed by atoms with E-state index in [1.165, 1.54) is 0 Å². The van der Waals surface area contributed by atoms with E-state index in [9.17, 15) is 4.79 Å². The second-order valence-corrected chi connectivity index (χ2v) is 4.27. The molecule has 2 aromatic rings. The zero-order valence-electron chi connectivity index (χ0n) is 11.3. The fourth-order valence-electron chi connectivity index (χ4n) is 1.82. The smallest absolute Gasteiger partial charge is 0.257 e. The minimum atomic E-state index is -0.228. The molecule has 0 atom stereocenters. The molecule has 102 valence electrons. The summed E-state index contributed by atoms with van der Waals surface area (Å²) in [5, 5.41) is 15.6. The average molecular weight is 269 g/mol. The molecular weight excluding hydrogens is 254 g/mol. The monoisotopic (exact) mass is 269 g/mol. The number of nitrogens with one attached hydrogen (secondary N) is 1. The molecule has 0 fully saturated rings. The maximum absolute atomic E-state index is 12.2. The van der Waals surface area contributed by atoms with Crippen LogP contribution in [0, 0.1) is 18.8 Å². The van der Waals surface area contributed by atoms with Crippen LogP contribution in [0.2, 0.25) is 0 Å². The molecule has 0 saturated carbocycles. The second kappa shape index (κ2) is 6.04. The highest BCUT2D eigenvalue weighted by molar-refractivity contribution is 6.05. The molecule has 1 heterocycles. The molecule has 0 aliphatic rings. The fraction of sp³-hybridized carbons (Fsp3) is 0.200. The fourth-order valence-corrected chi connectivity index (χ4v) is 1.82. The Morgan fingerprint density at radius 2 is 2.25 bits per heavy atom. The number of anilines is 1. The van der Waals surface area contributed by atoms with Crippen molar-refractivity contribution in [2.75, 3.05) is 11.9 Å². The standard InChI is InChI=1S/C15H15N3O2/c1-11-12(6-4-10-19)5-3-7-13(11)15(20)16-14-8-9-18(2)17-14/h3,5,7-9,19H,10H2,1-2H3,(H,16,17,20). The van der Waals surface area contributed by atoms with Crippen molar-refractivity contribution >= 4 is 11.7 Å². The van der Waals surface area contributed by atoms with Gasteiger partial charge in [-0.05, 0) is 24.6 Å². The van der Waals surface area contributed by atoms with Gasteiger partial charge in [0, 0.05) is 30.4 Å². The summed E-state index contributed by atoms with van der Waals surface area (Å²) in [6.45, 7) is 1.62. The van der Waals surface area contributed by atoms with Gasteiger partial charge in [0.2, 0.25) is 0 Å². The molecule has 1 aromatic carbocycles.